The number of nitrogens with zero attached hydrogens (tertiary/aromatic N) is 1. The monoisotopic (exact) mass is 390 g/mol. The van der Waals surface area contributed by atoms with E-state index in [1.165, 1.54) is 45.9 Å². The number of anilines is 1. The van der Waals surface area contributed by atoms with Crippen LogP contribution in [-0.2, 0) is 24.8 Å². The average Bonchev–Trinajstić information content (AvgIpc) is 2.64. The fraction of sp³-hybridized carbons (Fsp3) is 0.533. The molecule has 0 aliphatic carbocycles. The normalized spacial score (nSPS) is 20.9. The zero-order valence-corrected chi connectivity index (χ0v) is 16.1. The quantitative estimate of drug-likeness (QED) is 0.749. The van der Waals surface area contributed by atoms with Crippen LogP contribution in [0.3, 0.4) is 0 Å². The lowest BCUT2D eigenvalue weighted by Crippen LogP contribution is -2.38. The molecule has 0 spiro atoms. The van der Waals surface area contributed by atoms with E-state index in [2.05, 4.69) is 4.72 Å². The fourth-order valence-electron chi connectivity index (χ4n) is 2.50. The summed E-state index contributed by atoms with van der Waals surface area (Å²) in [5.74, 6) is -1.43. The molecule has 1 amide bonds. The second kappa shape index (κ2) is 6.35. The van der Waals surface area contributed by atoms with Crippen LogP contribution in [0.1, 0.15) is 26.3 Å². The largest absolute Gasteiger partial charge is 0.389 e. The number of hydrogen-bond donors (Lipinski definition) is 2. The molecule has 0 bridgehead atoms. The molecule has 1 fully saturated rings. The van der Waals surface area contributed by atoms with E-state index in [9.17, 15) is 26.7 Å². The van der Waals surface area contributed by atoms with Gasteiger partial charge < -0.3 is 5.11 Å². The van der Waals surface area contributed by atoms with E-state index < -0.39 is 37.5 Å². The highest BCUT2D eigenvalue weighted by atomic mass is 32.2. The number of sulfonamides is 2. The third-order valence-electron chi connectivity index (χ3n) is 3.74. The number of carbonyl (C=O) groups is 1. The maximum Gasteiger partial charge on any atom is 0.244 e. The number of carbonyl (C=O) groups excluding carboxylic acids is 1. The van der Waals surface area contributed by atoms with Gasteiger partial charge in [-0.25, -0.2) is 25.9 Å². The average molecular weight is 390 g/mol. The molecular formula is C15H22N2O6S2. The van der Waals surface area contributed by atoms with E-state index in [4.69, 9.17) is 0 Å². The third-order valence-corrected chi connectivity index (χ3v) is 7.17. The molecule has 0 radical (unpaired) electrons. The van der Waals surface area contributed by atoms with E-state index in [1.807, 2.05) is 0 Å². The summed E-state index contributed by atoms with van der Waals surface area (Å²) in [5.41, 5.74) is -0.802. The van der Waals surface area contributed by atoms with Gasteiger partial charge in [-0.15, -0.1) is 0 Å². The minimum Gasteiger partial charge on any atom is -0.389 e. The maximum atomic E-state index is 12.4. The van der Waals surface area contributed by atoms with Crippen molar-refractivity contribution in [1.29, 1.82) is 0 Å². The van der Waals surface area contributed by atoms with Gasteiger partial charge in [0.05, 0.1) is 27.9 Å². The Balaban J connectivity index is 2.38. The summed E-state index contributed by atoms with van der Waals surface area (Å²) < 4.78 is 52.0. The van der Waals surface area contributed by atoms with Gasteiger partial charge in [0.1, 0.15) is 0 Å². The van der Waals surface area contributed by atoms with Gasteiger partial charge in [0.25, 0.3) is 0 Å². The summed E-state index contributed by atoms with van der Waals surface area (Å²) in [7, 11) is -7.63. The van der Waals surface area contributed by atoms with Gasteiger partial charge in [-0.3, -0.25) is 4.79 Å². The van der Waals surface area contributed by atoms with Crippen LogP contribution in [0.5, 0.6) is 0 Å². The molecule has 1 aliphatic rings. The lowest BCUT2D eigenvalue weighted by molar-refractivity contribution is -0.119. The summed E-state index contributed by atoms with van der Waals surface area (Å²) in [6.45, 7) is 5.81. The molecule has 1 saturated heterocycles. The van der Waals surface area contributed by atoms with Gasteiger partial charge in [-0.2, -0.15) is 0 Å². The predicted molar refractivity (Wildman–Crippen MR) is 93.1 cm³/mol. The molecule has 0 aromatic heterocycles. The van der Waals surface area contributed by atoms with Crippen LogP contribution in [0.25, 0.3) is 0 Å². The summed E-state index contributed by atoms with van der Waals surface area (Å²) in [6.07, 6.45) is 0. The van der Waals surface area contributed by atoms with E-state index in [1.54, 1.807) is 0 Å². The van der Waals surface area contributed by atoms with Crippen LogP contribution >= 0.6 is 0 Å². The Morgan fingerprint density at radius 3 is 2.40 bits per heavy atom. The Morgan fingerprint density at radius 2 is 1.96 bits per heavy atom. The Morgan fingerprint density at radius 1 is 1.36 bits per heavy atom. The Labute approximate surface area is 147 Å². The van der Waals surface area contributed by atoms with Gasteiger partial charge in [0.15, 0.2) is 0 Å². The molecule has 10 heteroatoms. The maximum absolute atomic E-state index is 12.4. The first-order valence-corrected chi connectivity index (χ1v) is 10.7. The topological polar surface area (TPSA) is 121 Å². The van der Waals surface area contributed by atoms with E-state index in [0.717, 1.165) is 4.31 Å². The third kappa shape index (κ3) is 4.20. The number of benzene rings is 1. The van der Waals surface area contributed by atoms with Crippen molar-refractivity contribution in [2.75, 3.05) is 16.6 Å². The highest BCUT2D eigenvalue weighted by molar-refractivity contribution is 7.94. The van der Waals surface area contributed by atoms with Crippen molar-refractivity contribution in [3.8, 4) is 0 Å². The lowest BCUT2D eigenvalue weighted by Gasteiger charge is -2.20. The number of hydrogen-bond acceptors (Lipinski definition) is 6. The minimum absolute atomic E-state index is 0.0439. The molecule has 0 saturated carbocycles. The molecule has 1 atom stereocenters. The fourth-order valence-corrected chi connectivity index (χ4v) is 5.74. The molecule has 8 nitrogen and oxygen atoms in total. The summed E-state index contributed by atoms with van der Waals surface area (Å²) in [4.78, 5) is 12.1. The van der Waals surface area contributed by atoms with Gasteiger partial charge >= 0.3 is 0 Å². The number of nitrogens with one attached hydrogen (secondary N) is 1. The standard InChI is InChI=1S/C15H22N2O6S2/c1-10-7-12(17-14(18)11(2)8-24(17,20)21)5-6-13(10)25(22,23)16-9-15(3,4)19/h5-7,11,16,19H,8-9H2,1-4H3. The molecule has 1 aliphatic heterocycles. The molecule has 25 heavy (non-hydrogen) atoms. The van der Waals surface area contributed by atoms with Crippen LogP contribution in [0.4, 0.5) is 5.69 Å². The van der Waals surface area contributed by atoms with E-state index in [0.29, 0.717) is 5.56 Å². The van der Waals surface area contributed by atoms with Gasteiger partial charge in [0.2, 0.25) is 26.0 Å². The van der Waals surface area contributed by atoms with Crippen molar-refractivity contribution in [3.63, 3.8) is 0 Å². The Kier molecular flexibility index (Phi) is 5.03. The second-order valence-corrected chi connectivity index (χ2v) is 10.5. The van der Waals surface area contributed by atoms with Crippen LogP contribution < -0.4 is 9.03 Å². The highest BCUT2D eigenvalue weighted by Crippen LogP contribution is 2.30. The SMILES string of the molecule is Cc1cc(N2C(=O)C(C)CS2(=O)=O)ccc1S(=O)(=O)NCC(C)(C)O. The molecular weight excluding hydrogens is 368 g/mol. The van der Waals surface area contributed by atoms with Crippen molar-refractivity contribution in [2.24, 2.45) is 5.92 Å². The highest BCUT2D eigenvalue weighted by Gasteiger charge is 2.42. The molecule has 1 heterocycles. The first kappa shape index (κ1) is 19.8. The van der Waals surface area contributed by atoms with Crippen molar-refractivity contribution >= 4 is 31.6 Å². The van der Waals surface area contributed by atoms with Crippen molar-refractivity contribution in [3.05, 3.63) is 23.8 Å². The summed E-state index contributed by atoms with van der Waals surface area (Å²) >= 11 is 0. The zero-order chi connectivity index (χ0) is 19.2. The Hall–Kier alpha value is -1.49. The second-order valence-electron chi connectivity index (χ2n) is 6.87. The van der Waals surface area contributed by atoms with Crippen molar-refractivity contribution < 1.29 is 26.7 Å². The number of amides is 1. The first-order valence-electron chi connectivity index (χ1n) is 7.64. The van der Waals surface area contributed by atoms with E-state index in [-0.39, 0.29) is 22.9 Å². The molecule has 140 valence electrons. The number of aryl methyl sites for hydroxylation is 1. The van der Waals surface area contributed by atoms with Crippen LogP contribution in [0.15, 0.2) is 23.1 Å². The predicted octanol–water partition coefficient (Wildman–Crippen LogP) is 0.357. The van der Waals surface area contributed by atoms with Crippen LogP contribution in [-0.4, -0.2) is 45.7 Å². The minimum atomic E-state index is -3.88. The summed E-state index contributed by atoms with van der Waals surface area (Å²) in [6, 6.07) is 3.90. The molecule has 1 unspecified atom stereocenters. The molecule has 1 aromatic rings. The van der Waals surface area contributed by atoms with Crippen LogP contribution in [0, 0.1) is 12.8 Å². The zero-order valence-electron chi connectivity index (χ0n) is 14.5. The van der Waals surface area contributed by atoms with Crippen LogP contribution in [0.2, 0.25) is 0 Å². The number of rotatable bonds is 5. The van der Waals surface area contributed by atoms with Gasteiger partial charge in [-0.05, 0) is 44.5 Å². The lowest BCUT2D eigenvalue weighted by atomic mass is 10.1. The van der Waals surface area contributed by atoms with Crippen molar-refractivity contribution in [2.45, 2.75) is 38.2 Å². The van der Waals surface area contributed by atoms with Gasteiger partial charge in [-0.1, -0.05) is 6.92 Å². The Bertz CT molecular complexity index is 900. The smallest absolute Gasteiger partial charge is 0.244 e. The van der Waals surface area contributed by atoms with Gasteiger partial charge in [0, 0.05) is 6.54 Å². The molecule has 1 aromatic carbocycles. The van der Waals surface area contributed by atoms with Crippen molar-refractivity contribution in [1.82, 2.24) is 4.72 Å². The summed E-state index contributed by atoms with van der Waals surface area (Å²) in [5, 5.41) is 9.66. The first-order chi connectivity index (χ1) is 11.2. The van der Waals surface area contributed by atoms with E-state index >= 15 is 0 Å². The molecule has 2 N–H and O–H groups in total. The number of aliphatic hydroxyl groups is 1. The molecule has 2 rings (SSSR count).